The normalized spacial score (nSPS) is 12.0. The van der Waals surface area contributed by atoms with Crippen molar-refractivity contribution in [1.29, 1.82) is 0 Å². The molecule has 98 valence electrons. The van der Waals surface area contributed by atoms with Gasteiger partial charge >= 0.3 is 0 Å². The van der Waals surface area contributed by atoms with Crippen molar-refractivity contribution in [2.75, 3.05) is 13.2 Å². The van der Waals surface area contributed by atoms with E-state index in [0.29, 0.717) is 19.0 Å². The Morgan fingerprint density at radius 1 is 1.39 bits per heavy atom. The standard InChI is InChI=1S/C13H20N4O/c1-13(2,3)11-9-10-12(18-8-4-5-14)15-6-7-17(10)16-11/h6-7,9H,4-5,8,14H2,1-3H3. The number of hydrogen-bond acceptors (Lipinski definition) is 4. The lowest BCUT2D eigenvalue weighted by molar-refractivity contribution is 0.304. The quantitative estimate of drug-likeness (QED) is 0.837. The minimum Gasteiger partial charge on any atom is -0.476 e. The van der Waals surface area contributed by atoms with Crippen molar-refractivity contribution in [3.8, 4) is 5.88 Å². The molecule has 0 saturated heterocycles. The Bertz CT molecular complexity index is 527. The lowest BCUT2D eigenvalue weighted by Crippen LogP contribution is -2.11. The Labute approximate surface area is 107 Å². The predicted octanol–water partition coefficient (Wildman–Crippen LogP) is 1.75. The van der Waals surface area contributed by atoms with Crippen LogP contribution in [0.15, 0.2) is 18.5 Å². The van der Waals surface area contributed by atoms with Crippen molar-refractivity contribution in [2.24, 2.45) is 5.73 Å². The third-order valence-electron chi connectivity index (χ3n) is 2.71. The topological polar surface area (TPSA) is 65.4 Å². The minimum atomic E-state index is 0.0144. The van der Waals surface area contributed by atoms with Gasteiger partial charge in [-0.15, -0.1) is 0 Å². The summed E-state index contributed by atoms with van der Waals surface area (Å²) in [7, 11) is 0. The van der Waals surface area contributed by atoms with Crippen LogP contribution < -0.4 is 10.5 Å². The molecule has 2 heterocycles. The van der Waals surface area contributed by atoms with Gasteiger partial charge in [-0.1, -0.05) is 20.8 Å². The molecule has 18 heavy (non-hydrogen) atoms. The molecule has 0 radical (unpaired) electrons. The molecule has 0 fully saturated rings. The number of rotatable bonds is 4. The predicted molar refractivity (Wildman–Crippen MR) is 70.9 cm³/mol. The maximum atomic E-state index is 5.63. The second kappa shape index (κ2) is 4.94. The van der Waals surface area contributed by atoms with Crippen molar-refractivity contribution in [2.45, 2.75) is 32.6 Å². The zero-order valence-corrected chi connectivity index (χ0v) is 11.2. The van der Waals surface area contributed by atoms with Crippen LogP contribution in [0.5, 0.6) is 5.88 Å². The zero-order valence-electron chi connectivity index (χ0n) is 11.2. The van der Waals surface area contributed by atoms with Crippen molar-refractivity contribution in [3.63, 3.8) is 0 Å². The molecule has 0 unspecified atom stereocenters. The fourth-order valence-corrected chi connectivity index (χ4v) is 1.63. The van der Waals surface area contributed by atoms with Crippen LogP contribution in [0.1, 0.15) is 32.9 Å². The second-order valence-electron chi connectivity index (χ2n) is 5.33. The molecule has 0 aliphatic heterocycles. The highest BCUT2D eigenvalue weighted by atomic mass is 16.5. The van der Waals surface area contributed by atoms with Crippen LogP contribution in [0.2, 0.25) is 0 Å². The van der Waals surface area contributed by atoms with Gasteiger partial charge in [0.15, 0.2) is 0 Å². The summed E-state index contributed by atoms with van der Waals surface area (Å²) in [6, 6.07) is 2.03. The number of ether oxygens (including phenoxy) is 1. The lowest BCUT2D eigenvalue weighted by atomic mass is 9.92. The summed E-state index contributed by atoms with van der Waals surface area (Å²) in [5.74, 6) is 0.619. The van der Waals surface area contributed by atoms with Crippen molar-refractivity contribution in [3.05, 3.63) is 24.2 Å². The SMILES string of the molecule is CC(C)(C)c1cc2c(OCCCN)nccn2n1. The highest BCUT2D eigenvalue weighted by Gasteiger charge is 2.19. The van der Waals surface area contributed by atoms with Crippen LogP contribution in [0.3, 0.4) is 0 Å². The van der Waals surface area contributed by atoms with Crippen LogP contribution in [-0.2, 0) is 5.41 Å². The van der Waals surface area contributed by atoms with E-state index < -0.39 is 0 Å². The van der Waals surface area contributed by atoms with Gasteiger partial charge in [-0.25, -0.2) is 9.50 Å². The molecule has 0 aliphatic rings. The summed E-state index contributed by atoms with van der Waals surface area (Å²) in [4.78, 5) is 4.25. The molecular formula is C13H20N4O. The van der Waals surface area contributed by atoms with E-state index in [2.05, 4.69) is 30.9 Å². The third kappa shape index (κ3) is 2.61. The summed E-state index contributed by atoms with van der Waals surface area (Å²) in [5.41, 5.74) is 7.39. The van der Waals surface area contributed by atoms with Gasteiger partial charge in [0.25, 0.3) is 0 Å². The maximum Gasteiger partial charge on any atom is 0.240 e. The number of nitrogens with two attached hydrogens (primary N) is 1. The average Bonchev–Trinajstić information content (AvgIpc) is 2.73. The smallest absolute Gasteiger partial charge is 0.240 e. The molecular weight excluding hydrogens is 228 g/mol. The monoisotopic (exact) mass is 248 g/mol. The highest BCUT2D eigenvalue weighted by molar-refractivity contribution is 5.57. The number of fused-ring (bicyclic) bond motifs is 1. The van der Waals surface area contributed by atoms with Gasteiger partial charge in [-0.05, 0) is 19.0 Å². The molecule has 2 aromatic heterocycles. The third-order valence-corrected chi connectivity index (χ3v) is 2.71. The maximum absolute atomic E-state index is 5.63. The number of hydrogen-bond donors (Lipinski definition) is 1. The Balaban J connectivity index is 2.33. The molecule has 5 nitrogen and oxygen atoms in total. The number of nitrogens with zero attached hydrogens (tertiary/aromatic N) is 3. The fraction of sp³-hybridized carbons (Fsp3) is 0.538. The first-order valence-electron chi connectivity index (χ1n) is 6.20. The van der Waals surface area contributed by atoms with E-state index in [1.807, 2.05) is 16.8 Å². The molecule has 2 rings (SSSR count). The molecule has 5 heteroatoms. The molecule has 0 saturated carbocycles. The summed E-state index contributed by atoms with van der Waals surface area (Å²) < 4.78 is 7.44. The van der Waals surface area contributed by atoms with Crippen LogP contribution in [0.4, 0.5) is 0 Å². The highest BCUT2D eigenvalue weighted by Crippen LogP contribution is 2.25. The van der Waals surface area contributed by atoms with E-state index in [9.17, 15) is 0 Å². The molecule has 0 atom stereocenters. The van der Waals surface area contributed by atoms with Crippen molar-refractivity contribution in [1.82, 2.24) is 14.6 Å². The Hall–Kier alpha value is -1.62. The van der Waals surface area contributed by atoms with Crippen LogP contribution in [0.25, 0.3) is 5.52 Å². The van der Waals surface area contributed by atoms with E-state index in [-0.39, 0.29) is 5.41 Å². The fourth-order valence-electron chi connectivity index (χ4n) is 1.63. The van der Waals surface area contributed by atoms with E-state index in [1.54, 1.807) is 6.20 Å². The van der Waals surface area contributed by atoms with Gasteiger partial charge in [0.2, 0.25) is 5.88 Å². The summed E-state index contributed by atoms with van der Waals surface area (Å²) in [6.07, 6.45) is 4.35. The average molecular weight is 248 g/mol. The Morgan fingerprint density at radius 3 is 2.83 bits per heavy atom. The molecule has 0 spiro atoms. The van der Waals surface area contributed by atoms with E-state index >= 15 is 0 Å². The first-order valence-corrected chi connectivity index (χ1v) is 6.20. The van der Waals surface area contributed by atoms with Crippen molar-refractivity contribution >= 4 is 5.52 Å². The molecule has 0 aliphatic carbocycles. The molecule has 0 aromatic carbocycles. The van der Waals surface area contributed by atoms with Gasteiger partial charge in [0.05, 0.1) is 12.3 Å². The molecule has 2 N–H and O–H groups in total. The summed E-state index contributed by atoms with van der Waals surface area (Å²) >= 11 is 0. The Kier molecular flexibility index (Phi) is 3.52. The largest absolute Gasteiger partial charge is 0.476 e. The van der Waals surface area contributed by atoms with E-state index in [1.165, 1.54) is 0 Å². The molecule has 2 aromatic rings. The first kappa shape index (κ1) is 12.8. The first-order chi connectivity index (χ1) is 8.52. The van der Waals surface area contributed by atoms with E-state index in [4.69, 9.17) is 10.5 Å². The second-order valence-corrected chi connectivity index (χ2v) is 5.33. The summed E-state index contributed by atoms with van der Waals surface area (Å²) in [5, 5.41) is 4.54. The van der Waals surface area contributed by atoms with Crippen LogP contribution in [-0.4, -0.2) is 27.7 Å². The Morgan fingerprint density at radius 2 is 2.17 bits per heavy atom. The summed E-state index contributed by atoms with van der Waals surface area (Å²) in [6.45, 7) is 7.61. The van der Waals surface area contributed by atoms with Crippen LogP contribution >= 0.6 is 0 Å². The van der Waals surface area contributed by atoms with Gasteiger partial charge in [0.1, 0.15) is 5.52 Å². The molecule has 0 bridgehead atoms. The van der Waals surface area contributed by atoms with Crippen molar-refractivity contribution < 1.29 is 4.74 Å². The zero-order chi connectivity index (χ0) is 13.2. The number of aromatic nitrogens is 3. The van der Waals surface area contributed by atoms with E-state index in [0.717, 1.165) is 17.6 Å². The van der Waals surface area contributed by atoms with Gasteiger partial charge in [-0.3, -0.25) is 0 Å². The van der Waals surface area contributed by atoms with Crippen LogP contribution in [0, 0.1) is 0 Å². The van der Waals surface area contributed by atoms with Gasteiger partial charge in [0, 0.05) is 17.8 Å². The molecule has 0 amide bonds. The van der Waals surface area contributed by atoms with Gasteiger partial charge in [-0.2, -0.15) is 5.10 Å². The lowest BCUT2D eigenvalue weighted by Gasteiger charge is -2.13. The minimum absolute atomic E-state index is 0.0144. The van der Waals surface area contributed by atoms with Gasteiger partial charge < -0.3 is 10.5 Å².